The topological polar surface area (TPSA) is 57.6 Å². The van der Waals surface area contributed by atoms with Crippen molar-refractivity contribution in [3.05, 3.63) is 0 Å². The molecule has 1 aliphatic heterocycles. The molecule has 4 nitrogen and oxygen atoms in total. The fourth-order valence-corrected chi connectivity index (χ4v) is 4.17. The SMILES string of the molecule is C[C@@H]1CCC[C@H](C)N1C(=O)CC1(C(=O)O)CCCCCC1. The van der Waals surface area contributed by atoms with Crippen LogP contribution in [0.2, 0.25) is 0 Å². The van der Waals surface area contributed by atoms with E-state index in [9.17, 15) is 14.7 Å². The second kappa shape index (κ2) is 6.80. The van der Waals surface area contributed by atoms with Gasteiger partial charge in [-0.3, -0.25) is 9.59 Å². The Kier molecular flexibility index (Phi) is 5.28. The van der Waals surface area contributed by atoms with E-state index in [0.717, 1.165) is 44.9 Å². The highest BCUT2D eigenvalue weighted by Gasteiger charge is 2.43. The number of carbonyl (C=O) groups excluding carboxylic acids is 1. The summed E-state index contributed by atoms with van der Waals surface area (Å²) in [5.41, 5.74) is -0.815. The Bertz CT molecular complexity index is 375. The zero-order valence-corrected chi connectivity index (χ0v) is 13.4. The van der Waals surface area contributed by atoms with Crippen molar-refractivity contribution in [1.82, 2.24) is 4.90 Å². The average molecular weight is 295 g/mol. The Morgan fingerprint density at radius 3 is 2.00 bits per heavy atom. The molecule has 2 rings (SSSR count). The zero-order chi connectivity index (χ0) is 15.5. The van der Waals surface area contributed by atoms with Gasteiger partial charge in [-0.25, -0.2) is 0 Å². The van der Waals surface area contributed by atoms with E-state index in [1.54, 1.807) is 0 Å². The predicted octanol–water partition coefficient (Wildman–Crippen LogP) is 3.59. The lowest BCUT2D eigenvalue weighted by atomic mass is 9.76. The standard InChI is InChI=1S/C17H29NO3/c1-13-8-7-9-14(2)18(13)15(19)12-17(16(20)21)10-5-3-4-6-11-17/h13-14H,3-12H2,1-2H3,(H,20,21)/t13-,14+. The van der Waals surface area contributed by atoms with Crippen LogP contribution in [0.25, 0.3) is 0 Å². The van der Waals surface area contributed by atoms with Gasteiger partial charge in [0.2, 0.25) is 5.91 Å². The van der Waals surface area contributed by atoms with Gasteiger partial charge in [0, 0.05) is 18.5 Å². The molecular formula is C17H29NO3. The lowest BCUT2D eigenvalue weighted by Crippen LogP contribution is -2.49. The highest BCUT2D eigenvalue weighted by molar-refractivity contribution is 5.85. The van der Waals surface area contributed by atoms with Crippen LogP contribution in [0.4, 0.5) is 0 Å². The molecule has 1 N–H and O–H groups in total. The number of carbonyl (C=O) groups is 2. The summed E-state index contributed by atoms with van der Waals surface area (Å²) in [6.45, 7) is 4.18. The van der Waals surface area contributed by atoms with Crippen molar-refractivity contribution in [2.45, 2.75) is 90.1 Å². The van der Waals surface area contributed by atoms with Gasteiger partial charge in [0.1, 0.15) is 0 Å². The number of carboxylic acid groups (broad SMARTS) is 1. The van der Waals surface area contributed by atoms with E-state index >= 15 is 0 Å². The van der Waals surface area contributed by atoms with Gasteiger partial charge in [0.25, 0.3) is 0 Å². The zero-order valence-electron chi connectivity index (χ0n) is 13.4. The molecule has 1 heterocycles. The first-order chi connectivity index (χ1) is 9.96. The Hall–Kier alpha value is -1.06. The molecule has 2 aliphatic rings. The fourth-order valence-electron chi connectivity index (χ4n) is 4.17. The number of aliphatic carboxylic acids is 1. The van der Waals surface area contributed by atoms with E-state index < -0.39 is 11.4 Å². The van der Waals surface area contributed by atoms with Gasteiger partial charge in [0.15, 0.2) is 0 Å². The van der Waals surface area contributed by atoms with Crippen LogP contribution in [0.3, 0.4) is 0 Å². The summed E-state index contributed by atoms with van der Waals surface area (Å²) in [6.07, 6.45) is 8.81. The van der Waals surface area contributed by atoms with Crippen LogP contribution in [-0.2, 0) is 9.59 Å². The molecule has 120 valence electrons. The number of piperidine rings is 1. The van der Waals surface area contributed by atoms with Gasteiger partial charge < -0.3 is 10.0 Å². The summed E-state index contributed by atoms with van der Waals surface area (Å²) in [5, 5.41) is 9.72. The molecule has 2 fully saturated rings. The number of nitrogens with zero attached hydrogens (tertiary/aromatic N) is 1. The number of hydrogen-bond acceptors (Lipinski definition) is 2. The van der Waals surface area contributed by atoms with E-state index in [4.69, 9.17) is 0 Å². The third kappa shape index (κ3) is 3.58. The van der Waals surface area contributed by atoms with E-state index in [2.05, 4.69) is 13.8 Å². The van der Waals surface area contributed by atoms with Crippen molar-refractivity contribution >= 4 is 11.9 Å². The molecule has 21 heavy (non-hydrogen) atoms. The largest absolute Gasteiger partial charge is 0.481 e. The Labute approximate surface area is 127 Å². The third-order valence-corrected chi connectivity index (χ3v) is 5.49. The van der Waals surface area contributed by atoms with E-state index in [0.29, 0.717) is 12.8 Å². The highest BCUT2D eigenvalue weighted by Crippen LogP contribution is 2.39. The van der Waals surface area contributed by atoms with Crippen LogP contribution in [0.5, 0.6) is 0 Å². The molecule has 1 saturated carbocycles. The molecule has 2 atom stereocenters. The Morgan fingerprint density at radius 2 is 1.52 bits per heavy atom. The second-order valence-corrected chi connectivity index (χ2v) is 7.11. The van der Waals surface area contributed by atoms with Gasteiger partial charge in [0.05, 0.1) is 5.41 Å². The van der Waals surface area contributed by atoms with E-state index in [1.807, 2.05) is 4.90 Å². The van der Waals surface area contributed by atoms with Gasteiger partial charge in [-0.05, 0) is 46.0 Å². The first kappa shape index (κ1) is 16.3. The number of hydrogen-bond donors (Lipinski definition) is 1. The smallest absolute Gasteiger partial charge is 0.310 e. The Morgan fingerprint density at radius 1 is 1.00 bits per heavy atom. The van der Waals surface area contributed by atoms with Gasteiger partial charge in [-0.2, -0.15) is 0 Å². The Balaban J connectivity index is 2.12. The first-order valence-corrected chi connectivity index (χ1v) is 8.51. The molecule has 0 aromatic rings. The fraction of sp³-hybridized carbons (Fsp3) is 0.882. The van der Waals surface area contributed by atoms with Crippen molar-refractivity contribution in [1.29, 1.82) is 0 Å². The molecule has 0 spiro atoms. The van der Waals surface area contributed by atoms with Crippen LogP contribution in [0.15, 0.2) is 0 Å². The maximum Gasteiger partial charge on any atom is 0.310 e. The molecule has 0 radical (unpaired) electrons. The summed E-state index contributed by atoms with van der Waals surface area (Å²) < 4.78 is 0. The molecule has 0 aromatic carbocycles. The minimum absolute atomic E-state index is 0.0546. The minimum atomic E-state index is -0.815. The summed E-state index contributed by atoms with van der Waals surface area (Å²) in [7, 11) is 0. The lowest BCUT2D eigenvalue weighted by Gasteiger charge is -2.41. The molecule has 0 unspecified atom stereocenters. The van der Waals surface area contributed by atoms with Crippen molar-refractivity contribution in [2.75, 3.05) is 0 Å². The number of likely N-dealkylation sites (tertiary alicyclic amines) is 1. The van der Waals surface area contributed by atoms with Crippen molar-refractivity contribution in [2.24, 2.45) is 5.41 Å². The third-order valence-electron chi connectivity index (χ3n) is 5.49. The average Bonchev–Trinajstić information content (AvgIpc) is 2.65. The van der Waals surface area contributed by atoms with Crippen molar-refractivity contribution < 1.29 is 14.7 Å². The molecule has 0 bridgehead atoms. The first-order valence-electron chi connectivity index (χ1n) is 8.51. The number of carboxylic acids is 1. The summed E-state index contributed by atoms with van der Waals surface area (Å²) >= 11 is 0. The van der Waals surface area contributed by atoms with Gasteiger partial charge in [-0.1, -0.05) is 25.7 Å². The summed E-state index contributed by atoms with van der Waals surface area (Å²) in [6, 6.07) is 0.496. The maximum absolute atomic E-state index is 12.8. The summed E-state index contributed by atoms with van der Waals surface area (Å²) in [4.78, 5) is 26.6. The van der Waals surface area contributed by atoms with Crippen LogP contribution in [-0.4, -0.2) is 34.0 Å². The van der Waals surface area contributed by atoms with Crippen molar-refractivity contribution in [3.8, 4) is 0 Å². The molecule has 0 aromatic heterocycles. The quantitative estimate of drug-likeness (QED) is 0.809. The summed E-state index contributed by atoms with van der Waals surface area (Å²) in [5.74, 6) is -0.714. The normalized spacial score (nSPS) is 29.7. The molecule has 4 heteroatoms. The molecule has 1 saturated heterocycles. The van der Waals surface area contributed by atoms with Gasteiger partial charge >= 0.3 is 5.97 Å². The van der Waals surface area contributed by atoms with E-state index in [1.165, 1.54) is 0 Å². The maximum atomic E-state index is 12.8. The molecule has 1 aliphatic carbocycles. The van der Waals surface area contributed by atoms with Crippen LogP contribution in [0, 0.1) is 5.41 Å². The molecule has 1 amide bonds. The predicted molar refractivity (Wildman–Crippen MR) is 82.0 cm³/mol. The van der Waals surface area contributed by atoms with Crippen LogP contribution < -0.4 is 0 Å². The number of amides is 1. The van der Waals surface area contributed by atoms with Crippen LogP contribution >= 0.6 is 0 Å². The monoisotopic (exact) mass is 295 g/mol. The second-order valence-electron chi connectivity index (χ2n) is 7.11. The van der Waals surface area contributed by atoms with Gasteiger partial charge in [-0.15, -0.1) is 0 Å². The molecular weight excluding hydrogens is 266 g/mol. The van der Waals surface area contributed by atoms with Crippen molar-refractivity contribution in [3.63, 3.8) is 0 Å². The highest BCUT2D eigenvalue weighted by atomic mass is 16.4. The minimum Gasteiger partial charge on any atom is -0.481 e. The number of rotatable bonds is 3. The van der Waals surface area contributed by atoms with E-state index in [-0.39, 0.29) is 24.4 Å². The lowest BCUT2D eigenvalue weighted by molar-refractivity contribution is -0.156. The van der Waals surface area contributed by atoms with Crippen LogP contribution in [0.1, 0.15) is 78.1 Å².